The Morgan fingerprint density at radius 1 is 1.38 bits per heavy atom. The van der Waals surface area contributed by atoms with Crippen LogP contribution in [0, 0.1) is 5.92 Å². The van der Waals surface area contributed by atoms with Gasteiger partial charge in [0.2, 0.25) is 0 Å². The Morgan fingerprint density at radius 2 is 2.06 bits per heavy atom. The Bertz CT molecular complexity index is 266. The second kappa shape index (κ2) is 5.78. The molecule has 1 aliphatic carbocycles. The van der Waals surface area contributed by atoms with Crippen LogP contribution < -0.4 is 0 Å². The van der Waals surface area contributed by atoms with Gasteiger partial charge in [-0.1, -0.05) is 18.6 Å². The van der Waals surface area contributed by atoms with E-state index >= 15 is 0 Å². The molecule has 0 spiro atoms. The third-order valence-corrected chi connectivity index (χ3v) is 3.85. The first-order valence-corrected chi connectivity index (χ1v) is 9.68. The first-order chi connectivity index (χ1) is 7.44. The van der Waals surface area contributed by atoms with Gasteiger partial charge in [-0.2, -0.15) is 0 Å². The molecule has 3 heteroatoms. The fourth-order valence-electron chi connectivity index (χ4n) is 2.21. The number of carbonyl (C=O) groups is 1. The minimum atomic E-state index is -1.57. The van der Waals surface area contributed by atoms with Crippen molar-refractivity contribution in [3.05, 3.63) is 12.2 Å². The van der Waals surface area contributed by atoms with Crippen molar-refractivity contribution in [3.63, 3.8) is 0 Å². The van der Waals surface area contributed by atoms with Gasteiger partial charge in [-0.25, -0.2) is 0 Å². The lowest BCUT2D eigenvalue weighted by molar-refractivity contribution is -0.126. The van der Waals surface area contributed by atoms with Crippen molar-refractivity contribution in [2.75, 3.05) is 0 Å². The number of rotatable bonds is 4. The average molecular weight is 240 g/mol. The second-order valence-corrected chi connectivity index (χ2v) is 10.00. The average Bonchev–Trinajstić information content (AvgIpc) is 2.16. The van der Waals surface area contributed by atoms with Gasteiger partial charge in [0.1, 0.15) is 5.78 Å². The highest BCUT2D eigenvalue weighted by molar-refractivity contribution is 6.69. The largest absolute Gasteiger partial charge is 0.411 e. The van der Waals surface area contributed by atoms with Crippen LogP contribution in [-0.2, 0) is 9.22 Å². The van der Waals surface area contributed by atoms with E-state index in [2.05, 4.69) is 25.7 Å². The molecule has 16 heavy (non-hydrogen) atoms. The number of allylic oxidation sites excluding steroid dienone is 1. The summed E-state index contributed by atoms with van der Waals surface area (Å²) in [7, 11) is -1.57. The summed E-state index contributed by atoms with van der Waals surface area (Å²) in [5, 5.41) is 0. The molecule has 0 saturated heterocycles. The summed E-state index contributed by atoms with van der Waals surface area (Å²) >= 11 is 0. The smallest absolute Gasteiger partial charge is 0.184 e. The monoisotopic (exact) mass is 240 g/mol. The molecule has 2 atom stereocenters. The molecule has 1 aliphatic rings. The maximum Gasteiger partial charge on any atom is 0.184 e. The third-order valence-electron chi connectivity index (χ3n) is 2.87. The summed E-state index contributed by atoms with van der Waals surface area (Å²) in [5.41, 5.74) is 0. The Balaban J connectivity index is 2.71. The van der Waals surface area contributed by atoms with E-state index < -0.39 is 8.32 Å². The van der Waals surface area contributed by atoms with Gasteiger partial charge in [-0.15, -0.1) is 0 Å². The van der Waals surface area contributed by atoms with E-state index in [1.807, 2.05) is 13.0 Å². The van der Waals surface area contributed by atoms with Crippen LogP contribution in [0.3, 0.4) is 0 Å². The van der Waals surface area contributed by atoms with Crippen LogP contribution in [0.25, 0.3) is 0 Å². The lowest BCUT2D eigenvalue weighted by atomic mass is 9.84. The van der Waals surface area contributed by atoms with E-state index in [4.69, 9.17) is 4.43 Å². The molecule has 1 saturated carbocycles. The number of ketones is 1. The van der Waals surface area contributed by atoms with E-state index in [0.717, 1.165) is 19.3 Å². The SMILES string of the molecule is C/C=C/C(O[Si](C)(C)C)C1CCCCC1=O. The number of carbonyl (C=O) groups excluding carboxylic acids is 1. The van der Waals surface area contributed by atoms with Crippen molar-refractivity contribution in [2.45, 2.75) is 58.4 Å². The fraction of sp³-hybridized carbons (Fsp3) is 0.769. The minimum Gasteiger partial charge on any atom is -0.411 e. The standard InChI is InChI=1S/C13H24O2Si/c1-5-8-13(15-16(2,3)4)11-9-6-7-10-12(11)14/h5,8,11,13H,6-7,9-10H2,1-4H3/b8-5+. The first kappa shape index (κ1) is 13.7. The van der Waals surface area contributed by atoms with Crippen LogP contribution in [-0.4, -0.2) is 20.2 Å². The van der Waals surface area contributed by atoms with Gasteiger partial charge in [0.15, 0.2) is 8.32 Å². The molecular formula is C13H24O2Si. The number of hydrogen-bond acceptors (Lipinski definition) is 2. The highest BCUT2D eigenvalue weighted by Crippen LogP contribution is 2.27. The molecule has 0 radical (unpaired) electrons. The van der Waals surface area contributed by atoms with Crippen LogP contribution in [0.15, 0.2) is 12.2 Å². The Hall–Kier alpha value is -0.413. The molecule has 0 aliphatic heterocycles. The zero-order valence-corrected chi connectivity index (χ0v) is 12.0. The summed E-state index contributed by atoms with van der Waals surface area (Å²) < 4.78 is 6.12. The molecule has 0 amide bonds. The molecule has 0 aromatic rings. The number of Topliss-reactive ketones (excluding diaryl/α,β-unsaturated/α-hetero) is 1. The van der Waals surface area contributed by atoms with Gasteiger partial charge in [0.25, 0.3) is 0 Å². The molecular weight excluding hydrogens is 216 g/mol. The van der Waals surface area contributed by atoms with Crippen molar-refractivity contribution in [2.24, 2.45) is 5.92 Å². The van der Waals surface area contributed by atoms with E-state index in [1.54, 1.807) is 0 Å². The molecule has 2 unspecified atom stereocenters. The summed E-state index contributed by atoms with van der Waals surface area (Å²) in [5.74, 6) is 0.504. The van der Waals surface area contributed by atoms with Crippen LogP contribution in [0.1, 0.15) is 32.6 Å². The zero-order chi connectivity index (χ0) is 12.2. The molecule has 0 aromatic carbocycles. The third kappa shape index (κ3) is 4.22. The van der Waals surface area contributed by atoms with Crippen molar-refractivity contribution in [1.29, 1.82) is 0 Å². The summed E-state index contributed by atoms with van der Waals surface area (Å²) in [6, 6.07) is 0. The molecule has 0 aromatic heterocycles. The Labute approximate surface area is 100 Å². The molecule has 0 bridgehead atoms. The minimum absolute atomic E-state index is 0.0180. The van der Waals surface area contributed by atoms with Gasteiger partial charge in [-0.3, -0.25) is 4.79 Å². The normalized spacial score (nSPS) is 25.0. The van der Waals surface area contributed by atoms with Crippen molar-refractivity contribution in [3.8, 4) is 0 Å². The zero-order valence-electron chi connectivity index (χ0n) is 11.0. The van der Waals surface area contributed by atoms with Crippen molar-refractivity contribution >= 4 is 14.1 Å². The number of hydrogen-bond donors (Lipinski definition) is 0. The lowest BCUT2D eigenvalue weighted by Gasteiger charge is -2.32. The maximum atomic E-state index is 11.9. The Kier molecular flexibility index (Phi) is 4.93. The van der Waals surface area contributed by atoms with Gasteiger partial charge in [-0.05, 0) is 39.4 Å². The van der Waals surface area contributed by atoms with Crippen molar-refractivity contribution in [1.82, 2.24) is 0 Å². The van der Waals surface area contributed by atoms with Crippen LogP contribution in [0.4, 0.5) is 0 Å². The topological polar surface area (TPSA) is 26.3 Å². The molecule has 0 N–H and O–H groups in total. The van der Waals surface area contributed by atoms with Gasteiger partial charge >= 0.3 is 0 Å². The predicted molar refractivity (Wildman–Crippen MR) is 70.0 cm³/mol. The van der Waals surface area contributed by atoms with E-state index in [-0.39, 0.29) is 12.0 Å². The van der Waals surface area contributed by atoms with Crippen LogP contribution in [0.5, 0.6) is 0 Å². The summed E-state index contributed by atoms with van der Waals surface area (Å²) in [4.78, 5) is 11.9. The first-order valence-electron chi connectivity index (χ1n) is 6.27. The van der Waals surface area contributed by atoms with Gasteiger partial charge in [0.05, 0.1) is 6.10 Å². The lowest BCUT2D eigenvalue weighted by Crippen LogP contribution is -2.39. The summed E-state index contributed by atoms with van der Waals surface area (Å²) in [6.07, 6.45) is 8.06. The molecule has 0 heterocycles. The molecule has 2 nitrogen and oxygen atoms in total. The van der Waals surface area contributed by atoms with Crippen LogP contribution >= 0.6 is 0 Å². The van der Waals surface area contributed by atoms with Gasteiger partial charge in [0, 0.05) is 12.3 Å². The van der Waals surface area contributed by atoms with E-state index in [0.29, 0.717) is 5.78 Å². The fourth-order valence-corrected chi connectivity index (χ4v) is 3.27. The van der Waals surface area contributed by atoms with Crippen molar-refractivity contribution < 1.29 is 9.22 Å². The molecule has 1 rings (SSSR count). The highest BCUT2D eigenvalue weighted by Gasteiger charge is 2.32. The summed E-state index contributed by atoms with van der Waals surface area (Å²) in [6.45, 7) is 8.53. The highest BCUT2D eigenvalue weighted by atomic mass is 28.4. The maximum absolute atomic E-state index is 11.9. The Morgan fingerprint density at radius 3 is 2.56 bits per heavy atom. The molecule has 92 valence electrons. The molecule has 1 fully saturated rings. The predicted octanol–water partition coefficient (Wildman–Crippen LogP) is 3.54. The van der Waals surface area contributed by atoms with E-state index in [1.165, 1.54) is 6.42 Å². The second-order valence-electron chi connectivity index (χ2n) is 5.54. The van der Waals surface area contributed by atoms with Crippen LogP contribution in [0.2, 0.25) is 19.6 Å². The quantitative estimate of drug-likeness (QED) is 0.555. The van der Waals surface area contributed by atoms with E-state index in [9.17, 15) is 4.79 Å². The van der Waals surface area contributed by atoms with Gasteiger partial charge < -0.3 is 4.43 Å².